The van der Waals surface area contributed by atoms with E-state index in [4.69, 9.17) is 5.11 Å². The Kier molecular flexibility index (Phi) is 5.00. The first-order valence-corrected chi connectivity index (χ1v) is 6.64. The summed E-state index contributed by atoms with van der Waals surface area (Å²) in [5.74, 6) is 10.8. The molecule has 4 nitrogen and oxygen atoms in total. The van der Waals surface area contributed by atoms with Gasteiger partial charge in [-0.3, -0.25) is 0 Å². The minimum absolute atomic E-state index is 0.0148. The Balaban J connectivity index is 1.96. The van der Waals surface area contributed by atoms with Crippen molar-refractivity contribution in [2.75, 3.05) is 13.7 Å². The smallest absolute Gasteiger partial charge is 0.337 e. The zero-order chi connectivity index (χ0) is 15.2. The maximum absolute atomic E-state index is 11.3. The topological polar surface area (TPSA) is 66.8 Å². The zero-order valence-electron chi connectivity index (χ0n) is 11.7. The molecule has 1 aliphatic rings. The molecule has 3 atom stereocenters. The van der Waals surface area contributed by atoms with Gasteiger partial charge in [0.2, 0.25) is 0 Å². The third kappa shape index (κ3) is 3.64. The molecule has 2 rings (SSSR count). The molecule has 0 amide bonds. The van der Waals surface area contributed by atoms with Crippen LogP contribution in [0.5, 0.6) is 0 Å². The summed E-state index contributed by atoms with van der Waals surface area (Å²) in [5, 5.41) is 18.5. The molecule has 0 saturated heterocycles. The van der Waals surface area contributed by atoms with E-state index in [1.54, 1.807) is 24.3 Å². The first-order valence-electron chi connectivity index (χ1n) is 6.64. The number of aliphatic hydroxyl groups is 2. The minimum atomic E-state index is -0.451. The fourth-order valence-electron chi connectivity index (χ4n) is 2.14. The fourth-order valence-corrected chi connectivity index (χ4v) is 2.14. The summed E-state index contributed by atoms with van der Waals surface area (Å²) in [7, 11) is 1.34. The molecule has 108 valence electrons. The Hall–Kier alpha value is -2.27. The van der Waals surface area contributed by atoms with E-state index in [-0.39, 0.29) is 24.4 Å². The first kappa shape index (κ1) is 15.1. The standard InChI is InChI=1S/C17H16O4/c1-21-17(20)13-8-6-12(7-9-13)4-2-3-5-14-10-16(19)15(14)11-18/h6-9,14-16,18-19H,10-11H2,1H3/t14?,15-,16?/m1/s1. The van der Waals surface area contributed by atoms with Crippen molar-refractivity contribution in [2.24, 2.45) is 11.8 Å². The third-order valence-electron chi connectivity index (χ3n) is 3.55. The summed E-state index contributed by atoms with van der Waals surface area (Å²) in [5.41, 5.74) is 1.23. The molecule has 2 unspecified atom stereocenters. The molecule has 0 heterocycles. The second-order valence-electron chi connectivity index (χ2n) is 4.84. The highest BCUT2D eigenvalue weighted by Gasteiger charge is 2.38. The van der Waals surface area contributed by atoms with Crippen LogP contribution in [0.15, 0.2) is 24.3 Å². The Morgan fingerprint density at radius 2 is 2.05 bits per heavy atom. The molecule has 1 fully saturated rings. The van der Waals surface area contributed by atoms with Gasteiger partial charge in [0.25, 0.3) is 0 Å². The molecular weight excluding hydrogens is 268 g/mol. The Labute approximate surface area is 123 Å². The van der Waals surface area contributed by atoms with Crippen molar-refractivity contribution >= 4 is 5.97 Å². The summed E-state index contributed by atoms with van der Waals surface area (Å²) >= 11 is 0. The summed E-state index contributed by atoms with van der Waals surface area (Å²) < 4.78 is 4.61. The maximum Gasteiger partial charge on any atom is 0.337 e. The lowest BCUT2D eigenvalue weighted by molar-refractivity contribution is -0.0372. The van der Waals surface area contributed by atoms with Gasteiger partial charge in [-0.25, -0.2) is 4.79 Å². The number of rotatable bonds is 2. The molecule has 0 radical (unpaired) electrons. The van der Waals surface area contributed by atoms with Gasteiger partial charge in [0.1, 0.15) is 0 Å². The SMILES string of the molecule is COC(=O)c1ccc(C#CC#CC2CC(O)[C@@H]2CO)cc1. The molecule has 2 N–H and O–H groups in total. The Morgan fingerprint density at radius 3 is 2.62 bits per heavy atom. The van der Waals surface area contributed by atoms with E-state index in [2.05, 4.69) is 28.4 Å². The zero-order valence-corrected chi connectivity index (χ0v) is 11.7. The van der Waals surface area contributed by atoms with Crippen LogP contribution in [-0.4, -0.2) is 36.0 Å². The number of hydrogen-bond donors (Lipinski definition) is 2. The Bertz CT molecular complexity index is 625. The molecule has 0 aromatic heterocycles. The molecule has 1 saturated carbocycles. The minimum Gasteiger partial charge on any atom is -0.465 e. The van der Waals surface area contributed by atoms with Crippen LogP contribution in [0.4, 0.5) is 0 Å². The van der Waals surface area contributed by atoms with Crippen molar-refractivity contribution in [3.63, 3.8) is 0 Å². The average molecular weight is 284 g/mol. The molecule has 1 aliphatic carbocycles. The quantitative estimate of drug-likeness (QED) is 0.623. The van der Waals surface area contributed by atoms with Crippen molar-refractivity contribution in [3.05, 3.63) is 35.4 Å². The van der Waals surface area contributed by atoms with Crippen molar-refractivity contribution in [2.45, 2.75) is 12.5 Å². The van der Waals surface area contributed by atoms with Crippen LogP contribution >= 0.6 is 0 Å². The van der Waals surface area contributed by atoms with E-state index in [1.807, 2.05) is 0 Å². The molecular formula is C17H16O4. The Morgan fingerprint density at radius 1 is 1.33 bits per heavy atom. The third-order valence-corrected chi connectivity index (χ3v) is 3.55. The van der Waals surface area contributed by atoms with Gasteiger partial charge in [0.15, 0.2) is 0 Å². The van der Waals surface area contributed by atoms with Gasteiger partial charge in [-0.05, 0) is 42.5 Å². The van der Waals surface area contributed by atoms with Crippen LogP contribution in [0.2, 0.25) is 0 Å². The lowest BCUT2D eigenvalue weighted by Gasteiger charge is -2.37. The van der Waals surface area contributed by atoms with Crippen molar-refractivity contribution in [3.8, 4) is 23.7 Å². The van der Waals surface area contributed by atoms with E-state index < -0.39 is 6.10 Å². The highest BCUT2D eigenvalue weighted by molar-refractivity contribution is 5.89. The maximum atomic E-state index is 11.3. The van der Waals surface area contributed by atoms with Crippen LogP contribution in [0, 0.1) is 35.5 Å². The van der Waals surface area contributed by atoms with Crippen molar-refractivity contribution in [1.82, 2.24) is 0 Å². The van der Waals surface area contributed by atoms with Gasteiger partial charge in [-0.2, -0.15) is 0 Å². The van der Waals surface area contributed by atoms with Crippen LogP contribution in [0.25, 0.3) is 0 Å². The number of methoxy groups -OCH3 is 1. The molecule has 21 heavy (non-hydrogen) atoms. The van der Waals surface area contributed by atoms with E-state index in [0.717, 1.165) is 5.56 Å². The molecule has 0 aliphatic heterocycles. The lowest BCUT2D eigenvalue weighted by Crippen LogP contribution is -2.42. The summed E-state index contributed by atoms with van der Waals surface area (Å²) in [6, 6.07) is 6.75. The van der Waals surface area contributed by atoms with Gasteiger partial charge >= 0.3 is 5.97 Å². The predicted octanol–water partition coefficient (Wildman–Crippen LogP) is 0.817. The van der Waals surface area contributed by atoms with Gasteiger partial charge in [0.05, 0.1) is 18.8 Å². The normalized spacial score (nSPS) is 22.9. The van der Waals surface area contributed by atoms with Crippen molar-refractivity contribution in [1.29, 1.82) is 0 Å². The highest BCUT2D eigenvalue weighted by atomic mass is 16.5. The van der Waals surface area contributed by atoms with Gasteiger partial charge in [0, 0.05) is 24.0 Å². The monoisotopic (exact) mass is 284 g/mol. The molecule has 0 spiro atoms. The molecule has 0 bridgehead atoms. The predicted molar refractivity (Wildman–Crippen MR) is 77.1 cm³/mol. The average Bonchev–Trinajstić information content (AvgIpc) is 2.50. The number of esters is 1. The largest absolute Gasteiger partial charge is 0.465 e. The fraction of sp³-hybridized carbons (Fsp3) is 0.353. The van der Waals surface area contributed by atoms with E-state index >= 15 is 0 Å². The molecule has 1 aromatic rings. The number of hydrogen-bond acceptors (Lipinski definition) is 4. The van der Waals surface area contributed by atoms with Crippen LogP contribution in [-0.2, 0) is 4.74 Å². The van der Waals surface area contributed by atoms with Gasteiger partial charge in [-0.15, -0.1) is 0 Å². The second kappa shape index (κ2) is 6.95. The summed E-state index contributed by atoms with van der Waals surface area (Å²) in [6.45, 7) is -0.0526. The number of carbonyl (C=O) groups is 1. The molecule has 1 aromatic carbocycles. The first-order chi connectivity index (χ1) is 10.2. The number of aliphatic hydroxyl groups excluding tert-OH is 2. The van der Waals surface area contributed by atoms with E-state index in [9.17, 15) is 9.90 Å². The van der Waals surface area contributed by atoms with Crippen LogP contribution in [0.3, 0.4) is 0 Å². The highest BCUT2D eigenvalue weighted by Crippen LogP contribution is 2.33. The second-order valence-corrected chi connectivity index (χ2v) is 4.84. The number of ether oxygens (including phenoxy) is 1. The number of carbonyl (C=O) groups excluding carboxylic acids is 1. The summed E-state index contributed by atoms with van der Waals surface area (Å²) in [6.07, 6.45) is 0.140. The van der Waals surface area contributed by atoms with Crippen molar-refractivity contribution < 1.29 is 19.7 Å². The summed E-state index contributed by atoms with van der Waals surface area (Å²) in [4.78, 5) is 11.3. The lowest BCUT2D eigenvalue weighted by atomic mass is 9.72. The van der Waals surface area contributed by atoms with Crippen LogP contribution in [0.1, 0.15) is 22.3 Å². The van der Waals surface area contributed by atoms with Gasteiger partial charge in [-0.1, -0.05) is 11.8 Å². The number of benzene rings is 1. The van der Waals surface area contributed by atoms with Crippen LogP contribution < -0.4 is 0 Å². The van der Waals surface area contributed by atoms with E-state index in [0.29, 0.717) is 12.0 Å². The van der Waals surface area contributed by atoms with E-state index in [1.165, 1.54) is 7.11 Å². The van der Waals surface area contributed by atoms with Gasteiger partial charge < -0.3 is 14.9 Å². The molecule has 4 heteroatoms.